The molecule has 0 aliphatic carbocycles. The smallest absolute Gasteiger partial charge is 0.338 e. The number of benzene rings is 1. The minimum absolute atomic E-state index is 0.173. The Hall–Kier alpha value is -1.31. The van der Waals surface area contributed by atoms with Gasteiger partial charge in [0, 0.05) is 0 Å². The van der Waals surface area contributed by atoms with Gasteiger partial charge >= 0.3 is 5.97 Å². The summed E-state index contributed by atoms with van der Waals surface area (Å²) in [4.78, 5) is 12.2. The highest BCUT2D eigenvalue weighted by molar-refractivity contribution is 5.91. The van der Waals surface area contributed by atoms with Crippen LogP contribution in [0.4, 0.5) is 0 Å². The van der Waals surface area contributed by atoms with Crippen LogP contribution in [0.15, 0.2) is 18.2 Å². The van der Waals surface area contributed by atoms with Crippen molar-refractivity contribution in [3.05, 3.63) is 34.9 Å². The second kappa shape index (κ2) is 19.4. The monoisotopic (exact) mass is 430 g/mol. The molecule has 0 aromatic heterocycles. The van der Waals surface area contributed by atoms with Gasteiger partial charge in [-0.05, 0) is 37.5 Å². The third-order valence-electron chi connectivity index (χ3n) is 6.56. The molecule has 0 aliphatic rings. The van der Waals surface area contributed by atoms with Gasteiger partial charge in [0.25, 0.3) is 0 Å². The van der Waals surface area contributed by atoms with Gasteiger partial charge in [0.15, 0.2) is 0 Å². The summed E-state index contributed by atoms with van der Waals surface area (Å²) in [7, 11) is 0. The van der Waals surface area contributed by atoms with Gasteiger partial charge in [-0.3, -0.25) is 0 Å². The molecule has 2 nitrogen and oxygen atoms in total. The van der Waals surface area contributed by atoms with Crippen LogP contribution in [0.3, 0.4) is 0 Å². The SMILES string of the molecule is CCCCCCCCCCCCCCCCCCCCOC(=O)c1cccc(C)c1C. The number of carbonyl (C=O) groups is 1. The molecule has 0 bridgehead atoms. The standard InChI is InChI=1S/C29H50O2/c1-4-5-6-7-8-9-10-11-12-13-14-15-16-17-18-19-20-21-25-31-29(30)28-24-22-23-26(2)27(28)3/h22-24H,4-21,25H2,1-3H3. The summed E-state index contributed by atoms with van der Waals surface area (Å²) in [6, 6.07) is 5.82. The predicted octanol–water partition coefficient (Wildman–Crippen LogP) is 9.50. The van der Waals surface area contributed by atoms with E-state index < -0.39 is 0 Å². The van der Waals surface area contributed by atoms with Crippen molar-refractivity contribution in [1.82, 2.24) is 0 Å². The molecule has 0 saturated carbocycles. The topological polar surface area (TPSA) is 26.3 Å². The van der Waals surface area contributed by atoms with Gasteiger partial charge in [-0.2, -0.15) is 0 Å². The van der Waals surface area contributed by atoms with E-state index in [1.165, 1.54) is 109 Å². The molecule has 1 aromatic rings. The molecule has 31 heavy (non-hydrogen) atoms. The van der Waals surface area contributed by atoms with E-state index >= 15 is 0 Å². The number of hydrogen-bond donors (Lipinski definition) is 0. The summed E-state index contributed by atoms with van der Waals surface area (Å²) in [5.74, 6) is -0.173. The lowest BCUT2D eigenvalue weighted by Crippen LogP contribution is -2.08. The van der Waals surface area contributed by atoms with E-state index in [2.05, 4.69) is 6.92 Å². The van der Waals surface area contributed by atoms with Crippen LogP contribution in [-0.2, 0) is 4.74 Å². The lowest BCUT2D eigenvalue weighted by molar-refractivity contribution is 0.0496. The molecule has 1 rings (SSSR count). The minimum Gasteiger partial charge on any atom is -0.462 e. The lowest BCUT2D eigenvalue weighted by Gasteiger charge is -2.09. The molecule has 0 fully saturated rings. The van der Waals surface area contributed by atoms with Gasteiger partial charge in [0.2, 0.25) is 0 Å². The maximum Gasteiger partial charge on any atom is 0.338 e. The molecule has 0 atom stereocenters. The number of ether oxygens (including phenoxy) is 1. The predicted molar refractivity (Wildman–Crippen MR) is 135 cm³/mol. The molecule has 0 radical (unpaired) electrons. The Morgan fingerprint density at radius 1 is 0.645 bits per heavy atom. The van der Waals surface area contributed by atoms with Gasteiger partial charge in [-0.25, -0.2) is 4.79 Å². The van der Waals surface area contributed by atoms with Crippen LogP contribution in [-0.4, -0.2) is 12.6 Å². The maximum atomic E-state index is 12.2. The van der Waals surface area contributed by atoms with Crippen molar-refractivity contribution in [2.75, 3.05) is 6.61 Å². The first-order valence-electron chi connectivity index (χ1n) is 13.4. The van der Waals surface area contributed by atoms with E-state index in [1.54, 1.807) is 0 Å². The highest BCUT2D eigenvalue weighted by Gasteiger charge is 2.10. The van der Waals surface area contributed by atoms with E-state index in [9.17, 15) is 4.79 Å². The molecule has 178 valence electrons. The average molecular weight is 431 g/mol. The number of unbranched alkanes of at least 4 members (excludes halogenated alkanes) is 17. The summed E-state index contributed by atoms with van der Waals surface area (Å²) in [6.07, 6.45) is 24.7. The molecular formula is C29H50O2. The average Bonchev–Trinajstić information content (AvgIpc) is 2.77. The fraction of sp³-hybridized carbons (Fsp3) is 0.759. The zero-order chi connectivity index (χ0) is 22.6. The van der Waals surface area contributed by atoms with Crippen LogP contribution in [0.25, 0.3) is 0 Å². The second-order valence-corrected chi connectivity index (χ2v) is 9.39. The molecule has 0 aliphatic heterocycles. The summed E-state index contributed by atoms with van der Waals surface area (Å²) >= 11 is 0. The van der Waals surface area contributed by atoms with Crippen LogP contribution in [0.1, 0.15) is 144 Å². The van der Waals surface area contributed by atoms with Crippen LogP contribution < -0.4 is 0 Å². The first-order valence-corrected chi connectivity index (χ1v) is 13.4. The fourth-order valence-corrected chi connectivity index (χ4v) is 4.22. The minimum atomic E-state index is -0.173. The van der Waals surface area contributed by atoms with Crippen molar-refractivity contribution in [3.63, 3.8) is 0 Å². The molecule has 0 spiro atoms. The molecule has 1 aromatic carbocycles. The van der Waals surface area contributed by atoms with Crippen LogP contribution in [0.5, 0.6) is 0 Å². The highest BCUT2D eigenvalue weighted by Crippen LogP contribution is 2.16. The third kappa shape index (κ3) is 14.4. The van der Waals surface area contributed by atoms with Crippen LogP contribution in [0.2, 0.25) is 0 Å². The van der Waals surface area contributed by atoms with Gasteiger partial charge < -0.3 is 4.74 Å². The fourth-order valence-electron chi connectivity index (χ4n) is 4.22. The van der Waals surface area contributed by atoms with Gasteiger partial charge in [0.1, 0.15) is 0 Å². The normalized spacial score (nSPS) is 11.1. The van der Waals surface area contributed by atoms with Crippen LogP contribution in [0, 0.1) is 13.8 Å². The number of carbonyl (C=O) groups excluding carboxylic acids is 1. The Morgan fingerprint density at radius 3 is 1.52 bits per heavy atom. The van der Waals surface area contributed by atoms with E-state index in [-0.39, 0.29) is 5.97 Å². The number of hydrogen-bond acceptors (Lipinski definition) is 2. The molecule has 2 heteroatoms. The number of esters is 1. The Labute approximate surface area is 193 Å². The largest absolute Gasteiger partial charge is 0.462 e. The van der Waals surface area contributed by atoms with Crippen molar-refractivity contribution in [1.29, 1.82) is 0 Å². The van der Waals surface area contributed by atoms with Gasteiger partial charge in [-0.1, -0.05) is 128 Å². The molecule has 0 amide bonds. The van der Waals surface area contributed by atoms with E-state index in [0.29, 0.717) is 12.2 Å². The Bertz CT molecular complexity index is 564. The van der Waals surface area contributed by atoms with Crippen molar-refractivity contribution in [2.45, 2.75) is 136 Å². The van der Waals surface area contributed by atoms with Gasteiger partial charge in [0.05, 0.1) is 12.2 Å². The summed E-state index contributed by atoms with van der Waals surface area (Å²) in [5.41, 5.74) is 2.88. The highest BCUT2D eigenvalue weighted by atomic mass is 16.5. The summed E-state index contributed by atoms with van der Waals surface area (Å²) in [6.45, 7) is 6.85. The maximum absolute atomic E-state index is 12.2. The summed E-state index contributed by atoms with van der Waals surface area (Å²) in [5, 5.41) is 0. The Kier molecular flexibility index (Phi) is 17.3. The lowest BCUT2D eigenvalue weighted by atomic mass is 10.0. The number of aryl methyl sites for hydroxylation is 1. The first kappa shape index (κ1) is 27.7. The quantitative estimate of drug-likeness (QED) is 0.152. The van der Waals surface area contributed by atoms with Crippen LogP contribution >= 0.6 is 0 Å². The Balaban J connectivity index is 1.81. The first-order chi connectivity index (χ1) is 15.2. The van der Waals surface area contributed by atoms with Crippen molar-refractivity contribution in [3.8, 4) is 0 Å². The molecule has 0 unspecified atom stereocenters. The van der Waals surface area contributed by atoms with Crippen molar-refractivity contribution >= 4 is 5.97 Å². The van der Waals surface area contributed by atoms with Gasteiger partial charge in [-0.15, -0.1) is 0 Å². The van der Waals surface area contributed by atoms with Crippen molar-refractivity contribution in [2.24, 2.45) is 0 Å². The zero-order valence-electron chi connectivity index (χ0n) is 21.0. The van der Waals surface area contributed by atoms with Crippen molar-refractivity contribution < 1.29 is 9.53 Å². The van der Waals surface area contributed by atoms with E-state index in [4.69, 9.17) is 4.74 Å². The molecule has 0 N–H and O–H groups in total. The molecule has 0 heterocycles. The molecular weight excluding hydrogens is 380 g/mol. The zero-order valence-corrected chi connectivity index (χ0v) is 21.0. The Morgan fingerprint density at radius 2 is 1.06 bits per heavy atom. The third-order valence-corrected chi connectivity index (χ3v) is 6.56. The second-order valence-electron chi connectivity index (χ2n) is 9.39. The summed E-state index contributed by atoms with van der Waals surface area (Å²) < 4.78 is 5.45. The van der Waals surface area contributed by atoms with E-state index in [1.807, 2.05) is 32.0 Å². The van der Waals surface area contributed by atoms with E-state index in [0.717, 1.165) is 17.5 Å². The number of rotatable bonds is 20. The molecule has 0 saturated heterocycles.